The molecule has 3 aromatic rings. The molecule has 0 radical (unpaired) electrons. The number of aromatic nitrogens is 2. The van der Waals surface area contributed by atoms with Crippen LogP contribution in [0.4, 0.5) is 37.6 Å². The minimum absolute atomic E-state index is 0.287. The summed E-state index contributed by atoms with van der Waals surface area (Å²) >= 11 is 0. The second-order valence-electron chi connectivity index (χ2n) is 6.98. The van der Waals surface area contributed by atoms with Gasteiger partial charge in [0.1, 0.15) is 5.82 Å². The van der Waals surface area contributed by atoms with Crippen LogP contribution in [-0.2, 0) is 0 Å². The highest BCUT2D eigenvalue weighted by Crippen LogP contribution is 2.22. The van der Waals surface area contributed by atoms with Crippen molar-refractivity contribution in [2.24, 2.45) is 0 Å². The average molecular weight is 396 g/mol. The molecule has 8 heteroatoms. The van der Waals surface area contributed by atoms with Gasteiger partial charge in [-0.15, -0.1) is 0 Å². The van der Waals surface area contributed by atoms with E-state index in [-0.39, 0.29) is 5.95 Å². The first-order valence-corrected chi connectivity index (χ1v) is 9.42. The van der Waals surface area contributed by atoms with Crippen LogP contribution in [0.2, 0.25) is 0 Å². The van der Waals surface area contributed by atoms with E-state index in [0.29, 0.717) is 11.5 Å². The van der Waals surface area contributed by atoms with Crippen molar-refractivity contribution in [3.63, 3.8) is 0 Å². The van der Waals surface area contributed by atoms with Gasteiger partial charge in [-0.25, -0.2) is 13.8 Å². The SMILES string of the molecule is CN1CCN(c2ccc(Nc3ccnc(Nc4ccc(F)c(F)c4)n3)cc2)CC1. The van der Waals surface area contributed by atoms with Crippen LogP contribution in [0.15, 0.2) is 54.7 Å². The molecule has 1 aliphatic heterocycles. The third-order valence-electron chi connectivity index (χ3n) is 4.84. The number of nitrogens with zero attached hydrogens (tertiary/aromatic N) is 4. The number of anilines is 5. The van der Waals surface area contributed by atoms with Gasteiger partial charge in [-0.3, -0.25) is 0 Å². The summed E-state index contributed by atoms with van der Waals surface area (Å²) in [6.45, 7) is 4.17. The maximum Gasteiger partial charge on any atom is 0.229 e. The van der Waals surface area contributed by atoms with Crippen LogP contribution in [-0.4, -0.2) is 48.1 Å². The highest BCUT2D eigenvalue weighted by molar-refractivity contribution is 5.62. The Morgan fingerprint density at radius 3 is 2.28 bits per heavy atom. The molecule has 2 heterocycles. The molecule has 1 aromatic heterocycles. The first-order valence-electron chi connectivity index (χ1n) is 9.42. The molecule has 0 aliphatic carbocycles. The van der Waals surface area contributed by atoms with Crippen LogP contribution < -0.4 is 15.5 Å². The second-order valence-corrected chi connectivity index (χ2v) is 6.98. The topological polar surface area (TPSA) is 56.3 Å². The Bertz CT molecular complexity index is 971. The van der Waals surface area contributed by atoms with Crippen LogP contribution in [0.25, 0.3) is 0 Å². The largest absolute Gasteiger partial charge is 0.369 e. The summed E-state index contributed by atoms with van der Waals surface area (Å²) in [4.78, 5) is 13.2. The van der Waals surface area contributed by atoms with Gasteiger partial charge < -0.3 is 20.4 Å². The number of halogens is 2. The lowest BCUT2D eigenvalue weighted by molar-refractivity contribution is 0.313. The normalized spacial score (nSPS) is 14.7. The summed E-state index contributed by atoms with van der Waals surface area (Å²) in [5.74, 6) is -0.941. The molecular weight excluding hydrogens is 374 g/mol. The van der Waals surface area contributed by atoms with Gasteiger partial charge in [-0.2, -0.15) is 4.98 Å². The van der Waals surface area contributed by atoms with Crippen LogP contribution >= 0.6 is 0 Å². The van der Waals surface area contributed by atoms with Crippen molar-refractivity contribution in [3.05, 3.63) is 66.4 Å². The van der Waals surface area contributed by atoms with E-state index < -0.39 is 11.6 Å². The lowest BCUT2D eigenvalue weighted by Crippen LogP contribution is -2.44. The average Bonchev–Trinajstić information content (AvgIpc) is 2.72. The fourth-order valence-corrected chi connectivity index (χ4v) is 3.16. The van der Waals surface area contributed by atoms with Gasteiger partial charge in [0.05, 0.1) is 0 Å². The number of hydrogen-bond acceptors (Lipinski definition) is 6. The highest BCUT2D eigenvalue weighted by atomic mass is 19.2. The Balaban J connectivity index is 1.41. The van der Waals surface area contributed by atoms with Crippen molar-refractivity contribution in [3.8, 4) is 0 Å². The zero-order valence-electron chi connectivity index (χ0n) is 16.1. The molecule has 1 aliphatic rings. The monoisotopic (exact) mass is 396 g/mol. The minimum atomic E-state index is -0.926. The Hall–Kier alpha value is -3.26. The van der Waals surface area contributed by atoms with E-state index in [4.69, 9.17) is 0 Å². The molecule has 0 unspecified atom stereocenters. The molecule has 0 atom stereocenters. The summed E-state index contributed by atoms with van der Waals surface area (Å²) < 4.78 is 26.4. The van der Waals surface area contributed by atoms with Crippen LogP contribution in [0.3, 0.4) is 0 Å². The van der Waals surface area contributed by atoms with Crippen molar-refractivity contribution in [1.82, 2.24) is 14.9 Å². The maximum atomic E-state index is 13.4. The van der Waals surface area contributed by atoms with Crippen molar-refractivity contribution in [2.75, 3.05) is 48.8 Å². The fraction of sp³-hybridized carbons (Fsp3) is 0.238. The van der Waals surface area contributed by atoms with Crippen LogP contribution in [0, 0.1) is 11.6 Å². The second kappa shape index (κ2) is 8.40. The Morgan fingerprint density at radius 2 is 1.55 bits per heavy atom. The van der Waals surface area contributed by atoms with Crippen molar-refractivity contribution in [2.45, 2.75) is 0 Å². The third-order valence-corrected chi connectivity index (χ3v) is 4.84. The van der Waals surface area contributed by atoms with E-state index in [1.54, 1.807) is 12.3 Å². The lowest BCUT2D eigenvalue weighted by Gasteiger charge is -2.34. The summed E-state index contributed by atoms with van der Waals surface area (Å²) in [7, 11) is 2.14. The third kappa shape index (κ3) is 4.78. The first-order chi connectivity index (χ1) is 14.1. The van der Waals surface area contributed by atoms with Gasteiger partial charge in [-0.1, -0.05) is 0 Å². The number of hydrogen-bond donors (Lipinski definition) is 2. The van der Waals surface area contributed by atoms with E-state index in [1.807, 2.05) is 12.1 Å². The Kier molecular flexibility index (Phi) is 5.53. The van der Waals surface area contributed by atoms with Gasteiger partial charge in [0.15, 0.2) is 11.6 Å². The predicted octanol–water partition coefficient (Wildman–Crippen LogP) is 3.99. The number of nitrogens with one attached hydrogen (secondary N) is 2. The standard InChI is InChI=1S/C21H22F2N6/c1-28-10-12-29(13-11-28)17-5-2-15(3-6-17)25-20-8-9-24-21(27-20)26-16-4-7-18(22)19(23)14-16/h2-9,14H,10-13H2,1H3,(H2,24,25,26,27). The Morgan fingerprint density at radius 1 is 0.828 bits per heavy atom. The van der Waals surface area contributed by atoms with Gasteiger partial charge in [0.2, 0.25) is 5.95 Å². The Labute approximate surface area is 168 Å². The van der Waals surface area contributed by atoms with Crippen LogP contribution in [0.5, 0.6) is 0 Å². The minimum Gasteiger partial charge on any atom is -0.369 e. The molecule has 2 aromatic carbocycles. The molecule has 0 saturated carbocycles. The molecule has 4 rings (SSSR count). The molecule has 2 N–H and O–H groups in total. The molecule has 0 bridgehead atoms. The van der Waals surface area contributed by atoms with E-state index >= 15 is 0 Å². The van der Waals surface area contributed by atoms with E-state index in [9.17, 15) is 8.78 Å². The molecule has 6 nitrogen and oxygen atoms in total. The summed E-state index contributed by atoms with van der Waals surface area (Å²) in [6.07, 6.45) is 1.59. The molecule has 1 saturated heterocycles. The first kappa shape index (κ1) is 19.1. The van der Waals surface area contributed by atoms with E-state index in [1.165, 1.54) is 11.8 Å². The van der Waals surface area contributed by atoms with Gasteiger partial charge in [-0.05, 0) is 49.5 Å². The summed E-state index contributed by atoms with van der Waals surface area (Å²) in [6, 6.07) is 13.5. The molecular formula is C21H22F2N6. The molecule has 150 valence electrons. The van der Waals surface area contributed by atoms with Gasteiger partial charge >= 0.3 is 0 Å². The number of likely N-dealkylation sites (N-methyl/N-ethyl adjacent to an activating group) is 1. The van der Waals surface area contributed by atoms with E-state index in [0.717, 1.165) is 44.0 Å². The highest BCUT2D eigenvalue weighted by Gasteiger charge is 2.14. The smallest absolute Gasteiger partial charge is 0.229 e. The molecule has 0 spiro atoms. The molecule has 1 fully saturated rings. The van der Waals surface area contributed by atoms with Crippen molar-refractivity contribution >= 4 is 28.8 Å². The van der Waals surface area contributed by atoms with Crippen molar-refractivity contribution in [1.29, 1.82) is 0 Å². The predicted molar refractivity (Wildman–Crippen MR) is 111 cm³/mol. The van der Waals surface area contributed by atoms with Gasteiger partial charge in [0.25, 0.3) is 0 Å². The van der Waals surface area contributed by atoms with Crippen LogP contribution in [0.1, 0.15) is 0 Å². The number of piperazine rings is 1. The van der Waals surface area contributed by atoms with Gasteiger partial charge in [0, 0.05) is 55.5 Å². The van der Waals surface area contributed by atoms with E-state index in [2.05, 4.69) is 49.6 Å². The zero-order valence-corrected chi connectivity index (χ0v) is 16.1. The summed E-state index contributed by atoms with van der Waals surface area (Å²) in [5, 5.41) is 6.11. The quantitative estimate of drug-likeness (QED) is 0.680. The fourth-order valence-electron chi connectivity index (χ4n) is 3.16. The lowest BCUT2D eigenvalue weighted by atomic mass is 10.2. The zero-order chi connectivity index (χ0) is 20.2. The van der Waals surface area contributed by atoms with Crippen molar-refractivity contribution < 1.29 is 8.78 Å². The number of rotatable bonds is 5. The molecule has 0 amide bonds. The number of benzene rings is 2. The summed E-state index contributed by atoms with van der Waals surface area (Å²) in [5.41, 5.74) is 2.48. The molecule has 29 heavy (non-hydrogen) atoms. The maximum absolute atomic E-state index is 13.4.